The van der Waals surface area contributed by atoms with E-state index >= 15 is 0 Å². The van der Waals surface area contributed by atoms with Gasteiger partial charge in [0.1, 0.15) is 0 Å². The van der Waals surface area contributed by atoms with E-state index < -0.39 is 6.43 Å². The number of nitrogens with zero attached hydrogens (tertiary/aromatic N) is 2. The molecule has 0 unspecified atom stereocenters. The lowest BCUT2D eigenvalue weighted by Crippen LogP contribution is -1.98. The minimum atomic E-state index is -2.61. The van der Waals surface area contributed by atoms with Crippen LogP contribution in [0.1, 0.15) is 17.7 Å². The zero-order valence-corrected chi connectivity index (χ0v) is 8.05. The minimum absolute atomic E-state index is 0.0981. The van der Waals surface area contributed by atoms with Gasteiger partial charge in [-0.05, 0) is 6.07 Å². The van der Waals surface area contributed by atoms with E-state index in [1.54, 1.807) is 6.07 Å². The first-order valence-electron chi connectivity index (χ1n) is 3.45. The van der Waals surface area contributed by atoms with Gasteiger partial charge in [-0.15, -0.1) is 0 Å². The highest BCUT2D eigenvalue weighted by molar-refractivity contribution is 9.10. The van der Waals surface area contributed by atoms with E-state index in [1.807, 2.05) is 0 Å². The molecule has 0 aromatic carbocycles. The summed E-state index contributed by atoms with van der Waals surface area (Å²) in [7, 11) is 0. The van der Waals surface area contributed by atoms with Crippen LogP contribution in [0.2, 0.25) is 0 Å². The molecule has 68 valence electrons. The van der Waals surface area contributed by atoms with Gasteiger partial charge in [-0.25, -0.2) is 8.78 Å². The fraction of sp³-hybridized carbons (Fsp3) is 0.250. The van der Waals surface area contributed by atoms with Gasteiger partial charge in [0.05, 0.1) is 23.7 Å². The molecule has 0 bridgehead atoms. The van der Waals surface area contributed by atoms with E-state index in [0.717, 1.165) is 0 Å². The Morgan fingerprint density at radius 1 is 1.62 bits per heavy atom. The van der Waals surface area contributed by atoms with Crippen molar-refractivity contribution in [2.75, 3.05) is 0 Å². The lowest BCUT2D eigenvalue weighted by Gasteiger charge is -2.06. The van der Waals surface area contributed by atoms with Crippen molar-refractivity contribution in [1.82, 2.24) is 4.98 Å². The molecule has 1 rings (SSSR count). The minimum Gasteiger partial charge on any atom is -0.260 e. The Balaban J connectivity index is 3.19. The highest BCUT2D eigenvalue weighted by Gasteiger charge is 2.17. The highest BCUT2D eigenvalue weighted by Crippen LogP contribution is 2.29. The van der Waals surface area contributed by atoms with Gasteiger partial charge >= 0.3 is 0 Å². The summed E-state index contributed by atoms with van der Waals surface area (Å²) in [5, 5.41) is 8.37. The summed E-state index contributed by atoms with van der Waals surface area (Å²) in [5.41, 5.74) is -0.0593. The van der Waals surface area contributed by atoms with Crippen LogP contribution < -0.4 is 0 Å². The summed E-state index contributed by atoms with van der Waals surface area (Å²) in [6.07, 6.45) is -1.31. The monoisotopic (exact) mass is 246 g/mol. The number of nitriles is 1. The summed E-state index contributed by atoms with van der Waals surface area (Å²) in [6.45, 7) is 0. The third-order valence-electron chi connectivity index (χ3n) is 1.48. The molecule has 1 aromatic heterocycles. The second-order valence-corrected chi connectivity index (χ2v) is 3.14. The summed E-state index contributed by atoms with van der Waals surface area (Å²) in [4.78, 5) is 3.72. The Morgan fingerprint density at radius 2 is 2.31 bits per heavy atom. The number of rotatable bonds is 2. The highest BCUT2D eigenvalue weighted by atomic mass is 79.9. The van der Waals surface area contributed by atoms with Crippen LogP contribution in [0.5, 0.6) is 0 Å². The van der Waals surface area contributed by atoms with Gasteiger partial charge in [-0.1, -0.05) is 15.9 Å². The van der Waals surface area contributed by atoms with Gasteiger partial charge in [-0.3, -0.25) is 4.98 Å². The molecule has 0 radical (unpaired) electrons. The normalized spacial score (nSPS) is 10.1. The summed E-state index contributed by atoms with van der Waals surface area (Å²) >= 11 is 2.99. The average Bonchev–Trinajstić information content (AvgIpc) is 2.04. The van der Waals surface area contributed by atoms with Crippen LogP contribution in [0, 0.1) is 11.3 Å². The molecule has 0 aliphatic rings. The largest absolute Gasteiger partial charge is 0.266 e. The Kier molecular flexibility index (Phi) is 3.32. The van der Waals surface area contributed by atoms with Gasteiger partial charge in [0.25, 0.3) is 6.43 Å². The molecule has 0 saturated carbocycles. The molecule has 0 spiro atoms. The number of halogens is 3. The van der Waals surface area contributed by atoms with Crippen LogP contribution in [0.25, 0.3) is 0 Å². The van der Waals surface area contributed by atoms with E-state index in [0.29, 0.717) is 4.47 Å². The van der Waals surface area contributed by atoms with Crippen LogP contribution in [0.4, 0.5) is 8.78 Å². The SMILES string of the molecule is N#CCc1nccc(Br)c1C(F)F. The van der Waals surface area contributed by atoms with Crippen molar-refractivity contribution >= 4 is 15.9 Å². The standard InChI is InChI=1S/C8H5BrF2N2/c9-5-2-4-13-6(1-3-12)7(5)8(10)11/h2,4,8H,1H2. The number of hydrogen-bond acceptors (Lipinski definition) is 2. The first kappa shape index (κ1) is 10.1. The number of pyridine rings is 1. The van der Waals surface area contributed by atoms with Crippen molar-refractivity contribution in [3.8, 4) is 6.07 Å². The first-order valence-corrected chi connectivity index (χ1v) is 4.24. The number of alkyl halides is 2. The third kappa shape index (κ3) is 2.22. The maximum atomic E-state index is 12.4. The van der Waals surface area contributed by atoms with Crippen LogP contribution in [0.15, 0.2) is 16.7 Å². The van der Waals surface area contributed by atoms with E-state index in [-0.39, 0.29) is 17.7 Å². The second kappa shape index (κ2) is 4.28. The molecule has 0 aliphatic carbocycles. The topological polar surface area (TPSA) is 36.7 Å². The third-order valence-corrected chi connectivity index (χ3v) is 2.18. The fourth-order valence-electron chi connectivity index (χ4n) is 0.936. The molecule has 0 saturated heterocycles. The van der Waals surface area contributed by atoms with Crippen LogP contribution in [-0.4, -0.2) is 4.98 Å². The summed E-state index contributed by atoms with van der Waals surface area (Å²) < 4.78 is 25.2. The van der Waals surface area contributed by atoms with Crippen molar-refractivity contribution < 1.29 is 8.78 Å². The van der Waals surface area contributed by atoms with Gasteiger partial charge in [0.15, 0.2) is 0 Å². The zero-order valence-electron chi connectivity index (χ0n) is 6.47. The van der Waals surface area contributed by atoms with Crippen molar-refractivity contribution in [3.63, 3.8) is 0 Å². The van der Waals surface area contributed by atoms with Gasteiger partial charge in [-0.2, -0.15) is 5.26 Å². The summed E-state index contributed by atoms with van der Waals surface area (Å²) in [5.74, 6) is 0. The van der Waals surface area contributed by atoms with Crippen LogP contribution >= 0.6 is 15.9 Å². The van der Waals surface area contributed by atoms with Crippen LogP contribution in [-0.2, 0) is 6.42 Å². The molecule has 0 amide bonds. The van der Waals surface area contributed by atoms with Crippen molar-refractivity contribution in [1.29, 1.82) is 5.26 Å². The Labute approximate surface area is 82.3 Å². The van der Waals surface area contributed by atoms with E-state index in [9.17, 15) is 8.78 Å². The smallest absolute Gasteiger partial charge is 0.260 e. The maximum absolute atomic E-state index is 12.4. The van der Waals surface area contributed by atoms with E-state index in [1.165, 1.54) is 12.3 Å². The van der Waals surface area contributed by atoms with Gasteiger partial charge in [0, 0.05) is 10.7 Å². The van der Waals surface area contributed by atoms with Gasteiger partial charge < -0.3 is 0 Å². The predicted octanol–water partition coefficient (Wildman–Crippen LogP) is 2.85. The van der Waals surface area contributed by atoms with E-state index in [4.69, 9.17) is 5.26 Å². The molecule has 0 atom stereocenters. The number of aromatic nitrogens is 1. The number of hydrogen-bond donors (Lipinski definition) is 0. The molecule has 1 aromatic rings. The fourth-order valence-corrected chi connectivity index (χ4v) is 1.46. The lowest BCUT2D eigenvalue weighted by molar-refractivity contribution is 0.149. The molecular weight excluding hydrogens is 242 g/mol. The molecule has 1 heterocycles. The molecule has 5 heteroatoms. The molecular formula is C8H5BrF2N2. The molecule has 0 aliphatic heterocycles. The lowest BCUT2D eigenvalue weighted by atomic mass is 10.1. The summed E-state index contributed by atoms with van der Waals surface area (Å²) in [6, 6.07) is 3.22. The Bertz CT molecular complexity index is 346. The predicted molar refractivity (Wildman–Crippen MR) is 46.2 cm³/mol. The van der Waals surface area contributed by atoms with Crippen LogP contribution in [0.3, 0.4) is 0 Å². The van der Waals surface area contributed by atoms with Gasteiger partial charge in [0.2, 0.25) is 0 Å². The molecule has 13 heavy (non-hydrogen) atoms. The molecule has 0 fully saturated rings. The van der Waals surface area contributed by atoms with Crippen molar-refractivity contribution in [2.45, 2.75) is 12.8 Å². The molecule has 2 nitrogen and oxygen atoms in total. The average molecular weight is 247 g/mol. The quantitative estimate of drug-likeness (QED) is 0.805. The molecule has 0 N–H and O–H groups in total. The van der Waals surface area contributed by atoms with E-state index in [2.05, 4.69) is 20.9 Å². The maximum Gasteiger partial charge on any atom is 0.266 e. The Morgan fingerprint density at radius 3 is 2.85 bits per heavy atom. The zero-order chi connectivity index (χ0) is 9.84. The second-order valence-electron chi connectivity index (χ2n) is 2.29. The van der Waals surface area contributed by atoms with Crippen molar-refractivity contribution in [3.05, 3.63) is 28.0 Å². The first-order chi connectivity index (χ1) is 6.16. The Hall–Kier alpha value is -1.02. The van der Waals surface area contributed by atoms with Crippen molar-refractivity contribution in [2.24, 2.45) is 0 Å².